The largest absolute Gasteiger partial charge is 0.496 e. The fourth-order valence-electron chi connectivity index (χ4n) is 2.49. The number of benzene rings is 1. The van der Waals surface area contributed by atoms with Crippen LogP contribution in [0.2, 0.25) is 0 Å². The van der Waals surface area contributed by atoms with Crippen LogP contribution in [0.15, 0.2) is 12.1 Å². The molecule has 1 atom stereocenters. The molecule has 0 radical (unpaired) electrons. The lowest BCUT2D eigenvalue weighted by Gasteiger charge is -2.23. The lowest BCUT2D eigenvalue weighted by atomic mass is 9.92. The van der Waals surface area contributed by atoms with Crippen LogP contribution in [0, 0.1) is 11.7 Å². The van der Waals surface area contributed by atoms with Gasteiger partial charge in [-0.15, -0.1) is 0 Å². The van der Waals surface area contributed by atoms with Gasteiger partial charge >= 0.3 is 0 Å². The summed E-state index contributed by atoms with van der Waals surface area (Å²) in [6, 6.07) is 3.16. The minimum atomic E-state index is -0.322. The molecule has 0 aromatic heterocycles. The summed E-state index contributed by atoms with van der Waals surface area (Å²) in [7, 11) is 3.07. The van der Waals surface area contributed by atoms with E-state index in [1.807, 2.05) is 0 Å². The van der Waals surface area contributed by atoms with Crippen LogP contribution >= 0.6 is 0 Å². The molecule has 1 aromatic rings. The number of ether oxygens (including phenoxy) is 2. The molecule has 2 rings (SSSR count). The molecule has 1 unspecified atom stereocenters. The van der Waals surface area contributed by atoms with Gasteiger partial charge in [0.15, 0.2) is 11.6 Å². The SMILES string of the molecule is COc1cc(OC)c(CC2CCCNC2)cc1F. The number of hydrogen-bond acceptors (Lipinski definition) is 3. The van der Waals surface area contributed by atoms with Gasteiger partial charge in [0.1, 0.15) is 5.75 Å². The minimum Gasteiger partial charge on any atom is -0.496 e. The predicted molar refractivity (Wildman–Crippen MR) is 68.8 cm³/mol. The predicted octanol–water partition coefficient (Wildman–Crippen LogP) is 2.39. The minimum absolute atomic E-state index is 0.234. The van der Waals surface area contributed by atoms with E-state index in [0.29, 0.717) is 11.7 Å². The molecule has 0 amide bonds. The normalized spacial score (nSPS) is 19.6. The van der Waals surface area contributed by atoms with Crippen LogP contribution in [-0.4, -0.2) is 27.3 Å². The maximum absolute atomic E-state index is 13.7. The summed E-state index contributed by atoms with van der Waals surface area (Å²) in [6.07, 6.45) is 3.21. The average molecular weight is 253 g/mol. The van der Waals surface area contributed by atoms with Gasteiger partial charge < -0.3 is 14.8 Å². The van der Waals surface area contributed by atoms with Crippen molar-refractivity contribution in [3.05, 3.63) is 23.5 Å². The first-order chi connectivity index (χ1) is 8.74. The number of nitrogens with one attached hydrogen (secondary N) is 1. The summed E-state index contributed by atoms with van der Waals surface area (Å²) in [5, 5.41) is 3.37. The van der Waals surface area contributed by atoms with Crippen molar-refractivity contribution < 1.29 is 13.9 Å². The summed E-state index contributed by atoms with van der Waals surface area (Å²) in [6.45, 7) is 2.08. The van der Waals surface area contributed by atoms with Gasteiger partial charge in [-0.1, -0.05) is 0 Å². The highest BCUT2D eigenvalue weighted by Gasteiger charge is 2.18. The second-order valence-corrected chi connectivity index (χ2v) is 4.72. The summed E-state index contributed by atoms with van der Waals surface area (Å²) in [5.74, 6) is 1.17. The molecule has 1 heterocycles. The smallest absolute Gasteiger partial charge is 0.165 e. The van der Waals surface area contributed by atoms with E-state index >= 15 is 0 Å². The lowest BCUT2D eigenvalue weighted by Crippen LogP contribution is -2.30. The molecule has 1 fully saturated rings. The Morgan fingerprint density at radius 3 is 2.67 bits per heavy atom. The van der Waals surface area contributed by atoms with Crippen LogP contribution in [0.25, 0.3) is 0 Å². The molecule has 0 aliphatic carbocycles. The van der Waals surface area contributed by atoms with E-state index in [-0.39, 0.29) is 11.6 Å². The highest BCUT2D eigenvalue weighted by atomic mass is 19.1. The highest BCUT2D eigenvalue weighted by Crippen LogP contribution is 2.30. The Morgan fingerprint density at radius 1 is 1.28 bits per heavy atom. The standard InChI is InChI=1S/C14H20FNO2/c1-17-13-8-14(18-2)12(15)7-11(13)6-10-4-3-5-16-9-10/h7-8,10,16H,3-6,9H2,1-2H3. The van der Waals surface area contributed by atoms with Gasteiger partial charge in [-0.2, -0.15) is 0 Å². The lowest BCUT2D eigenvalue weighted by molar-refractivity contribution is 0.354. The van der Waals surface area contributed by atoms with Crippen molar-refractivity contribution in [1.29, 1.82) is 0 Å². The van der Waals surface area contributed by atoms with Gasteiger partial charge in [0.2, 0.25) is 0 Å². The number of methoxy groups -OCH3 is 2. The molecular weight excluding hydrogens is 233 g/mol. The summed E-state index contributed by atoms with van der Waals surface area (Å²) in [4.78, 5) is 0. The van der Waals surface area contributed by atoms with E-state index in [2.05, 4.69) is 5.32 Å². The van der Waals surface area contributed by atoms with Crippen LogP contribution in [0.1, 0.15) is 18.4 Å². The van der Waals surface area contributed by atoms with Crippen molar-refractivity contribution in [3.8, 4) is 11.5 Å². The van der Waals surface area contributed by atoms with Crippen molar-refractivity contribution in [2.75, 3.05) is 27.3 Å². The molecule has 1 aliphatic rings. The van der Waals surface area contributed by atoms with Crippen LogP contribution in [-0.2, 0) is 6.42 Å². The number of halogens is 1. The number of rotatable bonds is 4. The molecule has 0 spiro atoms. The third-order valence-corrected chi connectivity index (χ3v) is 3.46. The van der Waals surface area contributed by atoms with E-state index in [9.17, 15) is 4.39 Å². The van der Waals surface area contributed by atoms with E-state index in [1.54, 1.807) is 13.2 Å². The molecule has 0 saturated carbocycles. The Balaban J connectivity index is 2.17. The zero-order chi connectivity index (χ0) is 13.0. The third kappa shape index (κ3) is 2.93. The second-order valence-electron chi connectivity index (χ2n) is 4.72. The average Bonchev–Trinajstić information content (AvgIpc) is 2.40. The first kappa shape index (κ1) is 13.1. The van der Waals surface area contributed by atoms with Gasteiger partial charge in [-0.05, 0) is 49.9 Å². The van der Waals surface area contributed by atoms with Gasteiger partial charge in [0.05, 0.1) is 14.2 Å². The molecule has 4 heteroatoms. The molecule has 100 valence electrons. The van der Waals surface area contributed by atoms with Gasteiger partial charge in [-0.25, -0.2) is 4.39 Å². The van der Waals surface area contributed by atoms with Gasteiger partial charge in [-0.3, -0.25) is 0 Å². The first-order valence-electron chi connectivity index (χ1n) is 6.35. The maximum atomic E-state index is 13.7. The zero-order valence-electron chi connectivity index (χ0n) is 11.0. The van der Waals surface area contributed by atoms with Crippen molar-refractivity contribution in [3.63, 3.8) is 0 Å². The fraction of sp³-hybridized carbons (Fsp3) is 0.571. The van der Waals surface area contributed by atoms with E-state index in [1.165, 1.54) is 26.0 Å². The quantitative estimate of drug-likeness (QED) is 0.893. The van der Waals surface area contributed by atoms with Crippen LogP contribution < -0.4 is 14.8 Å². The van der Waals surface area contributed by atoms with Crippen LogP contribution in [0.4, 0.5) is 4.39 Å². The molecule has 1 aromatic carbocycles. The summed E-state index contributed by atoms with van der Waals surface area (Å²) < 4.78 is 24.0. The van der Waals surface area contributed by atoms with Gasteiger partial charge in [0, 0.05) is 6.07 Å². The maximum Gasteiger partial charge on any atom is 0.165 e. The fourth-order valence-corrected chi connectivity index (χ4v) is 2.49. The Kier molecular flexibility index (Phi) is 4.42. The first-order valence-corrected chi connectivity index (χ1v) is 6.35. The van der Waals surface area contributed by atoms with E-state index < -0.39 is 0 Å². The summed E-state index contributed by atoms with van der Waals surface area (Å²) >= 11 is 0. The van der Waals surface area contributed by atoms with E-state index in [4.69, 9.17) is 9.47 Å². The van der Waals surface area contributed by atoms with Crippen LogP contribution in [0.5, 0.6) is 11.5 Å². The second kappa shape index (κ2) is 6.05. The molecule has 3 nitrogen and oxygen atoms in total. The Morgan fingerprint density at radius 2 is 2.06 bits per heavy atom. The van der Waals surface area contributed by atoms with Crippen LogP contribution in [0.3, 0.4) is 0 Å². The van der Waals surface area contributed by atoms with Crippen molar-refractivity contribution in [2.45, 2.75) is 19.3 Å². The molecular formula is C14H20FNO2. The molecule has 1 N–H and O–H groups in total. The number of piperidine rings is 1. The molecule has 1 aliphatic heterocycles. The molecule has 1 saturated heterocycles. The summed E-state index contributed by atoms with van der Waals surface area (Å²) in [5.41, 5.74) is 0.921. The Bertz CT molecular complexity index is 403. The van der Waals surface area contributed by atoms with E-state index in [0.717, 1.165) is 25.1 Å². The Hall–Kier alpha value is -1.29. The van der Waals surface area contributed by atoms with Gasteiger partial charge in [0.25, 0.3) is 0 Å². The molecule has 18 heavy (non-hydrogen) atoms. The zero-order valence-corrected chi connectivity index (χ0v) is 11.0. The monoisotopic (exact) mass is 253 g/mol. The third-order valence-electron chi connectivity index (χ3n) is 3.46. The molecule has 0 bridgehead atoms. The number of hydrogen-bond donors (Lipinski definition) is 1. The Labute approximate surface area is 107 Å². The van der Waals surface area contributed by atoms with Crippen molar-refractivity contribution in [2.24, 2.45) is 5.92 Å². The topological polar surface area (TPSA) is 30.5 Å². The van der Waals surface area contributed by atoms with Crippen molar-refractivity contribution in [1.82, 2.24) is 5.32 Å². The van der Waals surface area contributed by atoms with Crippen molar-refractivity contribution >= 4 is 0 Å². The highest BCUT2D eigenvalue weighted by molar-refractivity contribution is 5.42.